The number of fused-ring (bicyclic) bond motifs is 3. The number of carbonyl (C=O) groups is 3. The number of epoxide rings is 1. The second kappa shape index (κ2) is 6.73. The molecule has 2 saturated heterocycles. The van der Waals surface area contributed by atoms with E-state index < -0.39 is 59.6 Å². The number of hydrogen-bond acceptors (Lipinski definition) is 7. The monoisotopic (exact) mass is 376 g/mol. The Morgan fingerprint density at radius 1 is 1.26 bits per heavy atom. The van der Waals surface area contributed by atoms with Gasteiger partial charge in [-0.25, -0.2) is 9.59 Å². The Balaban J connectivity index is 2.10. The molecule has 2 heterocycles. The Kier molecular flexibility index (Phi) is 4.86. The highest BCUT2D eigenvalue weighted by atomic mass is 16.6. The molecule has 0 unspecified atom stereocenters. The molecule has 0 aromatic heterocycles. The Hall–Kier alpha value is -2.25. The first kappa shape index (κ1) is 19.5. The van der Waals surface area contributed by atoms with Crippen molar-refractivity contribution in [2.24, 2.45) is 11.8 Å². The van der Waals surface area contributed by atoms with Crippen LogP contribution in [0.5, 0.6) is 0 Å². The summed E-state index contributed by atoms with van der Waals surface area (Å²) in [7, 11) is 0. The van der Waals surface area contributed by atoms with E-state index in [0.29, 0.717) is 5.57 Å². The van der Waals surface area contributed by atoms with Gasteiger partial charge in [-0.3, -0.25) is 4.79 Å². The number of aliphatic hydroxyl groups is 1. The molecule has 27 heavy (non-hydrogen) atoms. The van der Waals surface area contributed by atoms with Crippen molar-refractivity contribution in [3.8, 4) is 0 Å². The summed E-state index contributed by atoms with van der Waals surface area (Å²) < 4.78 is 16.6. The molecule has 3 rings (SSSR count). The highest BCUT2D eigenvalue weighted by molar-refractivity contribution is 5.99. The molecule has 7 nitrogen and oxygen atoms in total. The molecule has 0 bridgehead atoms. The van der Waals surface area contributed by atoms with Gasteiger partial charge in [0.25, 0.3) is 0 Å². The van der Waals surface area contributed by atoms with Crippen molar-refractivity contribution in [3.63, 3.8) is 0 Å². The van der Waals surface area contributed by atoms with Crippen LogP contribution in [0.3, 0.4) is 0 Å². The number of ether oxygens (including phenoxy) is 3. The van der Waals surface area contributed by atoms with Crippen molar-refractivity contribution in [2.45, 2.75) is 57.7 Å². The Labute approximate surface area is 157 Å². The first-order valence-electron chi connectivity index (χ1n) is 8.97. The largest absolute Gasteiger partial charge is 0.454 e. The number of rotatable bonds is 4. The van der Waals surface area contributed by atoms with Gasteiger partial charge in [0.15, 0.2) is 23.6 Å². The van der Waals surface area contributed by atoms with E-state index in [1.165, 1.54) is 12.2 Å². The van der Waals surface area contributed by atoms with Crippen molar-refractivity contribution in [3.05, 3.63) is 36.0 Å². The molecule has 2 aliphatic heterocycles. The second-order valence-electron chi connectivity index (χ2n) is 7.26. The molecule has 3 fully saturated rings. The van der Waals surface area contributed by atoms with Crippen LogP contribution in [0, 0.1) is 11.8 Å². The van der Waals surface area contributed by atoms with E-state index in [4.69, 9.17) is 14.2 Å². The molecule has 1 aliphatic carbocycles. The zero-order chi connectivity index (χ0) is 20.1. The Morgan fingerprint density at radius 3 is 2.52 bits per heavy atom. The minimum atomic E-state index is -2.10. The van der Waals surface area contributed by atoms with Gasteiger partial charge in [0.1, 0.15) is 0 Å². The highest BCUT2D eigenvalue weighted by Gasteiger charge is 2.70. The summed E-state index contributed by atoms with van der Waals surface area (Å²) in [4.78, 5) is 37.4. The van der Waals surface area contributed by atoms with Crippen LogP contribution in [0.2, 0.25) is 0 Å². The van der Waals surface area contributed by atoms with Crippen LogP contribution in [0.4, 0.5) is 0 Å². The van der Waals surface area contributed by atoms with Crippen LogP contribution in [-0.2, 0) is 28.6 Å². The highest BCUT2D eigenvalue weighted by Crippen LogP contribution is 2.53. The first-order valence-corrected chi connectivity index (χ1v) is 8.97. The molecular weight excluding hydrogens is 352 g/mol. The van der Waals surface area contributed by atoms with E-state index in [0.717, 1.165) is 0 Å². The number of esters is 2. The summed E-state index contributed by atoms with van der Waals surface area (Å²) in [6, 6.07) is 0. The lowest BCUT2D eigenvalue weighted by atomic mass is 9.77. The molecule has 0 aromatic rings. The molecule has 0 amide bonds. The standard InChI is InChI=1S/C20H24O7/c1-6-8-12(21)20(24)11(5)14-15(25-14)13-10(4)19(23)26-16(13)17(20)27-18(22)9(3)7-2/h6-8,11,13-17,24H,4H2,1-3,5H3/b8-6+,9-7-/t11-,13-,14-,15+,16+,17-,20+/m0/s1. The predicted octanol–water partition coefficient (Wildman–Crippen LogP) is 1.26. The lowest BCUT2D eigenvalue weighted by molar-refractivity contribution is -0.196. The van der Waals surface area contributed by atoms with Gasteiger partial charge in [0, 0.05) is 17.1 Å². The second-order valence-corrected chi connectivity index (χ2v) is 7.26. The van der Waals surface area contributed by atoms with Crippen LogP contribution in [0.25, 0.3) is 0 Å². The van der Waals surface area contributed by atoms with Crippen LogP contribution in [0.1, 0.15) is 27.7 Å². The van der Waals surface area contributed by atoms with Gasteiger partial charge in [0.2, 0.25) is 0 Å². The first-order chi connectivity index (χ1) is 12.7. The van der Waals surface area contributed by atoms with Crippen LogP contribution in [0.15, 0.2) is 36.0 Å². The van der Waals surface area contributed by atoms with Crippen LogP contribution in [-0.4, -0.2) is 52.8 Å². The Morgan fingerprint density at radius 2 is 1.93 bits per heavy atom. The van der Waals surface area contributed by atoms with Crippen molar-refractivity contribution in [2.75, 3.05) is 0 Å². The molecule has 7 atom stereocenters. The molecule has 1 N–H and O–H groups in total. The summed E-state index contributed by atoms with van der Waals surface area (Å²) >= 11 is 0. The smallest absolute Gasteiger partial charge is 0.334 e. The summed E-state index contributed by atoms with van der Waals surface area (Å²) in [6.45, 7) is 10.3. The fraction of sp³-hybridized carbons (Fsp3) is 0.550. The summed E-state index contributed by atoms with van der Waals surface area (Å²) in [6.07, 6.45) is 0.989. The SMILES string of the molecule is C=C1C(=O)O[C@@H]2[C@@H]1[C@H]1O[C@H]1[C@H](C)[C@@](O)(C(=O)/C=C/C)[C@H]2OC(=O)/C(C)=C\C. The minimum absolute atomic E-state index is 0.200. The third-order valence-corrected chi connectivity index (χ3v) is 5.80. The molecular formula is C20H24O7. The maximum atomic E-state index is 12.9. The van der Waals surface area contributed by atoms with Gasteiger partial charge in [-0.05, 0) is 26.8 Å². The number of hydrogen-bond donors (Lipinski definition) is 1. The lowest BCUT2D eigenvalue weighted by Gasteiger charge is -2.39. The normalized spacial score (nSPS) is 40.9. The van der Waals surface area contributed by atoms with Gasteiger partial charge < -0.3 is 19.3 Å². The summed E-state index contributed by atoms with van der Waals surface area (Å²) in [5.41, 5.74) is -1.58. The molecule has 0 aromatic carbocycles. The topological polar surface area (TPSA) is 102 Å². The zero-order valence-electron chi connectivity index (χ0n) is 15.8. The van der Waals surface area contributed by atoms with E-state index in [2.05, 4.69) is 6.58 Å². The van der Waals surface area contributed by atoms with Crippen molar-refractivity contribution in [1.82, 2.24) is 0 Å². The minimum Gasteiger partial charge on any atom is -0.454 e. The number of ketones is 1. The van der Waals surface area contributed by atoms with Gasteiger partial charge in [-0.15, -0.1) is 0 Å². The number of carbonyl (C=O) groups excluding carboxylic acids is 3. The lowest BCUT2D eigenvalue weighted by Crippen LogP contribution is -2.60. The van der Waals surface area contributed by atoms with Crippen molar-refractivity contribution < 1.29 is 33.7 Å². The van der Waals surface area contributed by atoms with Crippen molar-refractivity contribution >= 4 is 17.7 Å². The number of allylic oxidation sites excluding steroid dienone is 2. The maximum absolute atomic E-state index is 12.9. The van der Waals surface area contributed by atoms with E-state index in [9.17, 15) is 19.5 Å². The van der Waals surface area contributed by atoms with Crippen molar-refractivity contribution in [1.29, 1.82) is 0 Å². The van der Waals surface area contributed by atoms with Crippen LogP contribution < -0.4 is 0 Å². The van der Waals surface area contributed by atoms with E-state index >= 15 is 0 Å². The molecule has 3 aliphatic rings. The fourth-order valence-corrected chi connectivity index (χ4v) is 3.96. The van der Waals surface area contributed by atoms with Gasteiger partial charge in [0.05, 0.1) is 18.1 Å². The quantitative estimate of drug-likeness (QED) is 0.448. The maximum Gasteiger partial charge on any atom is 0.334 e. The third-order valence-electron chi connectivity index (χ3n) is 5.80. The van der Waals surface area contributed by atoms with Gasteiger partial charge in [-0.2, -0.15) is 0 Å². The molecule has 7 heteroatoms. The van der Waals surface area contributed by atoms with Crippen LogP contribution >= 0.6 is 0 Å². The summed E-state index contributed by atoms with van der Waals surface area (Å²) in [5, 5.41) is 11.5. The molecule has 0 spiro atoms. The molecule has 146 valence electrons. The predicted molar refractivity (Wildman–Crippen MR) is 94.4 cm³/mol. The average Bonchev–Trinajstić information content (AvgIpc) is 3.37. The zero-order valence-corrected chi connectivity index (χ0v) is 15.8. The fourth-order valence-electron chi connectivity index (χ4n) is 3.96. The van der Waals surface area contributed by atoms with Gasteiger partial charge >= 0.3 is 11.9 Å². The average molecular weight is 376 g/mol. The van der Waals surface area contributed by atoms with E-state index in [1.54, 1.807) is 33.8 Å². The molecule has 0 radical (unpaired) electrons. The van der Waals surface area contributed by atoms with E-state index in [-0.39, 0.29) is 5.57 Å². The van der Waals surface area contributed by atoms with E-state index in [1.807, 2.05) is 0 Å². The third kappa shape index (κ3) is 2.85. The van der Waals surface area contributed by atoms with Gasteiger partial charge in [-0.1, -0.05) is 25.7 Å². The summed E-state index contributed by atoms with van der Waals surface area (Å²) in [5.74, 6) is -3.21. The molecule has 1 saturated carbocycles. The Bertz CT molecular complexity index is 764.